The number of carbonyl (C=O) groups is 1. The number of piperidine rings is 2. The highest BCUT2D eigenvalue weighted by Crippen LogP contribution is 2.32. The van der Waals surface area contributed by atoms with E-state index in [1.807, 2.05) is 11.0 Å². The summed E-state index contributed by atoms with van der Waals surface area (Å²) in [6.07, 6.45) is 4.44. The Labute approximate surface area is 185 Å². The summed E-state index contributed by atoms with van der Waals surface area (Å²) in [4.78, 5) is 20.0. The molecule has 0 spiro atoms. The molecule has 4 aliphatic heterocycles. The Morgan fingerprint density at radius 3 is 2.29 bits per heavy atom. The molecule has 3 saturated heterocycles. The minimum absolute atomic E-state index is 0.213. The number of fused-ring (bicyclic) bond motifs is 1. The van der Waals surface area contributed by atoms with Crippen molar-refractivity contribution in [1.82, 2.24) is 14.7 Å². The molecule has 4 heterocycles. The number of ether oxygens (including phenoxy) is 3. The number of nitrogens with zero attached hydrogens (tertiary/aromatic N) is 3. The largest absolute Gasteiger partial charge is 0.486 e. The highest BCUT2D eigenvalue weighted by atomic mass is 16.6. The molecule has 0 unspecified atom stereocenters. The fourth-order valence-corrected chi connectivity index (χ4v) is 5.44. The first kappa shape index (κ1) is 21.0. The summed E-state index contributed by atoms with van der Waals surface area (Å²) in [6, 6.07) is 7.00. The van der Waals surface area contributed by atoms with Crippen molar-refractivity contribution in [3.8, 4) is 11.5 Å². The van der Waals surface area contributed by atoms with Gasteiger partial charge in [0.05, 0.1) is 13.2 Å². The second kappa shape index (κ2) is 9.76. The van der Waals surface area contributed by atoms with E-state index < -0.39 is 0 Å². The van der Waals surface area contributed by atoms with Crippen molar-refractivity contribution in [2.75, 3.05) is 65.7 Å². The molecule has 1 aromatic carbocycles. The Bertz CT molecular complexity index is 751. The average molecular weight is 430 g/mol. The van der Waals surface area contributed by atoms with Crippen LogP contribution in [-0.4, -0.2) is 92.3 Å². The molecule has 0 bridgehead atoms. The van der Waals surface area contributed by atoms with Crippen LogP contribution in [0.3, 0.4) is 0 Å². The lowest BCUT2D eigenvalue weighted by molar-refractivity contribution is -0.141. The lowest BCUT2D eigenvalue weighted by atomic mass is 9.92. The lowest BCUT2D eigenvalue weighted by Crippen LogP contribution is -2.50. The molecule has 0 aliphatic carbocycles. The lowest BCUT2D eigenvalue weighted by Gasteiger charge is -2.42. The molecule has 0 radical (unpaired) electrons. The van der Waals surface area contributed by atoms with Crippen molar-refractivity contribution in [3.63, 3.8) is 0 Å². The number of hydrogen-bond donors (Lipinski definition) is 0. The second-order valence-electron chi connectivity index (χ2n) is 9.23. The minimum Gasteiger partial charge on any atom is -0.486 e. The predicted octanol–water partition coefficient (Wildman–Crippen LogP) is 1.99. The molecule has 31 heavy (non-hydrogen) atoms. The number of hydrogen-bond acceptors (Lipinski definition) is 6. The number of likely N-dealkylation sites (tertiary alicyclic amines) is 2. The molecule has 5 rings (SSSR count). The molecular weight excluding hydrogens is 394 g/mol. The molecule has 3 fully saturated rings. The first-order valence-electron chi connectivity index (χ1n) is 12.0. The van der Waals surface area contributed by atoms with E-state index in [1.54, 1.807) is 0 Å². The summed E-state index contributed by atoms with van der Waals surface area (Å²) in [7, 11) is 0. The predicted molar refractivity (Wildman–Crippen MR) is 117 cm³/mol. The summed E-state index contributed by atoms with van der Waals surface area (Å²) in [6.45, 7) is 9.54. The van der Waals surface area contributed by atoms with Crippen LogP contribution in [0.4, 0.5) is 0 Å². The van der Waals surface area contributed by atoms with Gasteiger partial charge in [0, 0.05) is 31.6 Å². The standard InChI is InChI=1S/C24H35N3O4/c28-24(27-11-13-29-14-12-27)20-3-9-26(10-4-20)21-5-7-25(8-6-21)18-19-1-2-22-23(17-19)31-16-15-30-22/h1-2,17,20-21H,3-16,18H2. The van der Waals surface area contributed by atoms with Gasteiger partial charge in [0.15, 0.2) is 11.5 Å². The molecule has 170 valence electrons. The number of benzene rings is 1. The molecule has 1 aromatic rings. The quantitative estimate of drug-likeness (QED) is 0.730. The SMILES string of the molecule is O=C(C1CCN(C2CCN(Cc3ccc4c(c3)OCCO4)CC2)CC1)N1CCOCC1. The van der Waals surface area contributed by atoms with E-state index >= 15 is 0 Å². The van der Waals surface area contributed by atoms with Crippen LogP contribution in [0.2, 0.25) is 0 Å². The fourth-order valence-electron chi connectivity index (χ4n) is 5.44. The Balaban J connectivity index is 1.06. The summed E-state index contributed by atoms with van der Waals surface area (Å²) in [5.74, 6) is 2.32. The van der Waals surface area contributed by atoms with E-state index in [9.17, 15) is 4.79 Å². The maximum absolute atomic E-state index is 12.8. The Kier molecular flexibility index (Phi) is 6.62. The van der Waals surface area contributed by atoms with Crippen LogP contribution in [0.1, 0.15) is 31.2 Å². The maximum Gasteiger partial charge on any atom is 0.225 e. The third-order valence-electron chi connectivity index (χ3n) is 7.29. The zero-order valence-electron chi connectivity index (χ0n) is 18.5. The zero-order chi connectivity index (χ0) is 21.0. The monoisotopic (exact) mass is 429 g/mol. The van der Waals surface area contributed by atoms with E-state index in [2.05, 4.69) is 21.9 Å². The van der Waals surface area contributed by atoms with Crippen LogP contribution in [0.5, 0.6) is 11.5 Å². The van der Waals surface area contributed by atoms with E-state index in [0.717, 1.165) is 70.2 Å². The molecule has 0 N–H and O–H groups in total. The Hall–Kier alpha value is -1.83. The Morgan fingerprint density at radius 2 is 1.55 bits per heavy atom. The van der Waals surface area contributed by atoms with Crippen LogP contribution in [0.25, 0.3) is 0 Å². The van der Waals surface area contributed by atoms with Gasteiger partial charge in [0.1, 0.15) is 13.2 Å². The topological polar surface area (TPSA) is 54.5 Å². The first-order valence-corrected chi connectivity index (χ1v) is 12.0. The van der Waals surface area contributed by atoms with Crippen LogP contribution in [0, 0.1) is 5.92 Å². The Morgan fingerprint density at radius 1 is 0.839 bits per heavy atom. The van der Waals surface area contributed by atoms with Gasteiger partial charge >= 0.3 is 0 Å². The van der Waals surface area contributed by atoms with Crippen molar-refractivity contribution in [1.29, 1.82) is 0 Å². The number of amides is 1. The van der Waals surface area contributed by atoms with Gasteiger partial charge in [0.25, 0.3) is 0 Å². The molecule has 4 aliphatic rings. The maximum atomic E-state index is 12.8. The van der Waals surface area contributed by atoms with Gasteiger partial charge < -0.3 is 24.0 Å². The van der Waals surface area contributed by atoms with Gasteiger partial charge in [-0.05, 0) is 69.6 Å². The molecule has 0 aromatic heterocycles. The van der Waals surface area contributed by atoms with Gasteiger partial charge in [-0.25, -0.2) is 0 Å². The first-order chi connectivity index (χ1) is 15.3. The summed E-state index contributed by atoms with van der Waals surface area (Å²) in [5, 5.41) is 0. The van der Waals surface area contributed by atoms with Gasteiger partial charge in [-0.15, -0.1) is 0 Å². The van der Waals surface area contributed by atoms with Gasteiger partial charge in [0.2, 0.25) is 5.91 Å². The molecular formula is C24H35N3O4. The van der Waals surface area contributed by atoms with Crippen molar-refractivity contribution in [2.24, 2.45) is 5.92 Å². The summed E-state index contributed by atoms with van der Waals surface area (Å²) >= 11 is 0. The third-order valence-corrected chi connectivity index (χ3v) is 7.29. The smallest absolute Gasteiger partial charge is 0.225 e. The van der Waals surface area contributed by atoms with E-state index in [0.29, 0.717) is 38.4 Å². The van der Waals surface area contributed by atoms with Crippen molar-refractivity contribution in [2.45, 2.75) is 38.3 Å². The molecule has 0 saturated carbocycles. The average Bonchev–Trinajstić information content (AvgIpc) is 2.85. The minimum atomic E-state index is 0.213. The number of rotatable bonds is 4. The third kappa shape index (κ3) is 4.99. The highest BCUT2D eigenvalue weighted by Gasteiger charge is 2.33. The summed E-state index contributed by atoms with van der Waals surface area (Å²) in [5.41, 5.74) is 1.30. The zero-order valence-corrected chi connectivity index (χ0v) is 18.5. The van der Waals surface area contributed by atoms with E-state index in [4.69, 9.17) is 14.2 Å². The number of morpholine rings is 1. The van der Waals surface area contributed by atoms with Crippen molar-refractivity contribution in [3.05, 3.63) is 23.8 Å². The molecule has 0 atom stereocenters. The van der Waals surface area contributed by atoms with Gasteiger partial charge in [-0.1, -0.05) is 6.07 Å². The summed E-state index contributed by atoms with van der Waals surface area (Å²) < 4.78 is 16.7. The molecule has 1 amide bonds. The van der Waals surface area contributed by atoms with Crippen LogP contribution in [-0.2, 0) is 16.1 Å². The van der Waals surface area contributed by atoms with Crippen LogP contribution < -0.4 is 9.47 Å². The molecule has 7 heteroatoms. The molecule has 7 nitrogen and oxygen atoms in total. The van der Waals surface area contributed by atoms with Crippen molar-refractivity contribution < 1.29 is 19.0 Å². The van der Waals surface area contributed by atoms with E-state index in [1.165, 1.54) is 18.4 Å². The fraction of sp³-hybridized carbons (Fsp3) is 0.708. The van der Waals surface area contributed by atoms with Crippen LogP contribution in [0.15, 0.2) is 18.2 Å². The normalized spacial score (nSPS) is 24.3. The number of carbonyl (C=O) groups excluding carboxylic acids is 1. The van der Waals surface area contributed by atoms with E-state index in [-0.39, 0.29) is 5.92 Å². The van der Waals surface area contributed by atoms with Gasteiger partial charge in [-0.3, -0.25) is 9.69 Å². The second-order valence-corrected chi connectivity index (χ2v) is 9.23. The van der Waals surface area contributed by atoms with Gasteiger partial charge in [-0.2, -0.15) is 0 Å². The van der Waals surface area contributed by atoms with Crippen LogP contribution >= 0.6 is 0 Å². The highest BCUT2D eigenvalue weighted by molar-refractivity contribution is 5.79. The van der Waals surface area contributed by atoms with Crippen molar-refractivity contribution >= 4 is 5.91 Å².